The van der Waals surface area contributed by atoms with Crippen LogP contribution < -0.4 is 0 Å². The van der Waals surface area contributed by atoms with Crippen molar-refractivity contribution in [2.75, 3.05) is 33.2 Å². The molecule has 0 aromatic heterocycles. The quantitative estimate of drug-likeness (QED) is 0.789. The van der Waals surface area contributed by atoms with Crippen molar-refractivity contribution in [2.45, 2.75) is 38.6 Å². The van der Waals surface area contributed by atoms with Crippen molar-refractivity contribution in [3.8, 4) is 0 Å². The zero-order valence-electron chi connectivity index (χ0n) is 11.0. The Morgan fingerprint density at radius 2 is 2.06 bits per heavy atom. The number of nitrogens with zero attached hydrogens (tertiary/aromatic N) is 2. The van der Waals surface area contributed by atoms with Gasteiger partial charge in [-0.05, 0) is 59.3 Å². The van der Waals surface area contributed by atoms with Gasteiger partial charge in [0.15, 0.2) is 0 Å². The summed E-state index contributed by atoms with van der Waals surface area (Å²) in [7, 11) is 2.17. The molecule has 2 fully saturated rings. The van der Waals surface area contributed by atoms with E-state index in [4.69, 9.17) is 0 Å². The number of hydrogen-bond donors (Lipinski definition) is 1. The molecule has 98 valence electrons. The first-order valence-corrected chi connectivity index (χ1v) is 6.67. The van der Waals surface area contributed by atoms with E-state index in [0.29, 0.717) is 6.04 Å². The maximum atomic E-state index is 11.2. The molecule has 0 aliphatic carbocycles. The topological polar surface area (TPSA) is 43.8 Å². The Balaban J connectivity index is 1.94. The molecule has 1 N–H and O–H groups in total. The summed E-state index contributed by atoms with van der Waals surface area (Å²) in [6.45, 7) is 5.90. The Labute approximate surface area is 104 Å². The molecule has 2 aliphatic heterocycles. The van der Waals surface area contributed by atoms with Gasteiger partial charge in [0, 0.05) is 12.6 Å². The first-order valence-electron chi connectivity index (χ1n) is 6.67. The average Bonchev–Trinajstić information content (AvgIpc) is 2.54. The molecule has 4 heteroatoms. The summed E-state index contributed by atoms with van der Waals surface area (Å²) in [4.78, 5) is 16.0. The molecule has 0 aromatic carbocycles. The Morgan fingerprint density at radius 3 is 2.71 bits per heavy atom. The lowest BCUT2D eigenvalue weighted by Gasteiger charge is -2.28. The summed E-state index contributed by atoms with van der Waals surface area (Å²) in [5.41, 5.74) is -0.516. The van der Waals surface area contributed by atoms with Crippen molar-refractivity contribution in [3.63, 3.8) is 0 Å². The Bertz CT molecular complexity index is 295. The zero-order valence-corrected chi connectivity index (χ0v) is 11.0. The van der Waals surface area contributed by atoms with Gasteiger partial charge in [0.25, 0.3) is 0 Å². The second-order valence-corrected chi connectivity index (χ2v) is 5.97. The number of carboxylic acids is 1. The summed E-state index contributed by atoms with van der Waals surface area (Å²) in [5, 5.41) is 9.25. The van der Waals surface area contributed by atoms with Crippen molar-refractivity contribution in [2.24, 2.45) is 5.41 Å². The Morgan fingerprint density at radius 1 is 1.29 bits per heavy atom. The third-order valence-electron chi connectivity index (χ3n) is 4.46. The van der Waals surface area contributed by atoms with Gasteiger partial charge in [0.2, 0.25) is 0 Å². The maximum absolute atomic E-state index is 11.2. The van der Waals surface area contributed by atoms with Gasteiger partial charge in [0.1, 0.15) is 0 Å². The molecule has 2 aliphatic rings. The molecule has 2 atom stereocenters. The fourth-order valence-corrected chi connectivity index (χ4v) is 3.07. The molecular weight excluding hydrogens is 216 g/mol. The van der Waals surface area contributed by atoms with Crippen molar-refractivity contribution in [1.82, 2.24) is 9.80 Å². The Hall–Kier alpha value is -0.610. The fraction of sp³-hybridized carbons (Fsp3) is 0.923. The van der Waals surface area contributed by atoms with Gasteiger partial charge in [-0.2, -0.15) is 0 Å². The van der Waals surface area contributed by atoms with Crippen LogP contribution in [0.25, 0.3) is 0 Å². The van der Waals surface area contributed by atoms with Crippen LogP contribution in [0.4, 0.5) is 0 Å². The van der Waals surface area contributed by atoms with Crippen LogP contribution >= 0.6 is 0 Å². The van der Waals surface area contributed by atoms with Crippen molar-refractivity contribution < 1.29 is 9.90 Å². The molecule has 2 heterocycles. The van der Waals surface area contributed by atoms with E-state index in [0.717, 1.165) is 26.1 Å². The fourth-order valence-electron chi connectivity index (χ4n) is 3.07. The number of carboxylic acid groups (broad SMARTS) is 1. The van der Waals surface area contributed by atoms with Crippen LogP contribution in [0.15, 0.2) is 0 Å². The summed E-state index contributed by atoms with van der Waals surface area (Å²) >= 11 is 0. The predicted octanol–water partition coefficient (Wildman–Crippen LogP) is 1.27. The second kappa shape index (κ2) is 4.94. The van der Waals surface area contributed by atoms with Gasteiger partial charge >= 0.3 is 5.97 Å². The molecule has 4 nitrogen and oxygen atoms in total. The van der Waals surface area contributed by atoms with Crippen LogP contribution in [0.2, 0.25) is 0 Å². The van der Waals surface area contributed by atoms with E-state index in [1.54, 1.807) is 0 Å². The summed E-state index contributed by atoms with van der Waals surface area (Å²) in [5.74, 6) is -0.634. The zero-order chi connectivity index (χ0) is 12.5. The minimum absolute atomic E-state index is 0.516. The Kier molecular flexibility index (Phi) is 3.73. The third-order valence-corrected chi connectivity index (χ3v) is 4.46. The first-order chi connectivity index (χ1) is 8.01. The standard InChI is InChI=1S/C13H24N2O2/c1-13(12(16)17)6-9-15(10-13)11-4-3-7-14(2)8-5-11/h11H,3-10H2,1-2H3,(H,16,17). The van der Waals surface area contributed by atoms with Gasteiger partial charge in [-0.3, -0.25) is 9.69 Å². The van der Waals surface area contributed by atoms with Crippen molar-refractivity contribution >= 4 is 5.97 Å². The highest BCUT2D eigenvalue weighted by molar-refractivity contribution is 5.74. The highest BCUT2D eigenvalue weighted by atomic mass is 16.4. The van der Waals surface area contributed by atoms with E-state index < -0.39 is 11.4 Å². The minimum Gasteiger partial charge on any atom is -0.481 e. The van der Waals surface area contributed by atoms with Crippen LogP contribution in [0.5, 0.6) is 0 Å². The van der Waals surface area contributed by atoms with Crippen LogP contribution in [0.3, 0.4) is 0 Å². The van der Waals surface area contributed by atoms with Gasteiger partial charge in [-0.15, -0.1) is 0 Å². The van der Waals surface area contributed by atoms with E-state index in [9.17, 15) is 9.90 Å². The van der Waals surface area contributed by atoms with Gasteiger partial charge in [0.05, 0.1) is 5.41 Å². The van der Waals surface area contributed by atoms with Crippen LogP contribution in [-0.2, 0) is 4.79 Å². The van der Waals surface area contributed by atoms with E-state index in [-0.39, 0.29) is 0 Å². The number of likely N-dealkylation sites (tertiary alicyclic amines) is 2. The van der Waals surface area contributed by atoms with E-state index in [1.807, 2.05) is 6.92 Å². The molecule has 17 heavy (non-hydrogen) atoms. The van der Waals surface area contributed by atoms with E-state index >= 15 is 0 Å². The lowest BCUT2D eigenvalue weighted by molar-refractivity contribution is -0.147. The maximum Gasteiger partial charge on any atom is 0.310 e. The van der Waals surface area contributed by atoms with Crippen molar-refractivity contribution in [3.05, 3.63) is 0 Å². The highest BCUT2D eigenvalue weighted by Gasteiger charge is 2.42. The van der Waals surface area contributed by atoms with Crippen LogP contribution in [0.1, 0.15) is 32.6 Å². The van der Waals surface area contributed by atoms with Gasteiger partial charge in [-0.1, -0.05) is 0 Å². The number of rotatable bonds is 2. The van der Waals surface area contributed by atoms with Crippen LogP contribution in [-0.4, -0.2) is 60.1 Å². The normalized spacial score (nSPS) is 36.9. The van der Waals surface area contributed by atoms with E-state index in [2.05, 4.69) is 16.8 Å². The average molecular weight is 240 g/mol. The molecular formula is C13H24N2O2. The summed E-state index contributed by atoms with van der Waals surface area (Å²) in [6.07, 6.45) is 4.45. The number of carbonyl (C=O) groups is 1. The molecule has 2 unspecified atom stereocenters. The van der Waals surface area contributed by atoms with Crippen molar-refractivity contribution in [1.29, 1.82) is 0 Å². The monoisotopic (exact) mass is 240 g/mol. The predicted molar refractivity (Wildman–Crippen MR) is 67.1 cm³/mol. The molecule has 0 saturated carbocycles. The molecule has 0 spiro atoms. The SMILES string of the molecule is CN1CCCC(N2CCC(C)(C(=O)O)C2)CC1. The van der Waals surface area contributed by atoms with Crippen LogP contribution in [0, 0.1) is 5.41 Å². The van der Waals surface area contributed by atoms with Gasteiger partial charge in [-0.25, -0.2) is 0 Å². The number of aliphatic carboxylic acids is 1. The molecule has 2 saturated heterocycles. The summed E-state index contributed by atoms with van der Waals surface area (Å²) in [6, 6.07) is 0.598. The lowest BCUT2D eigenvalue weighted by atomic mass is 9.90. The van der Waals surface area contributed by atoms with E-state index in [1.165, 1.54) is 25.8 Å². The first kappa shape index (κ1) is 12.8. The third kappa shape index (κ3) is 2.80. The molecule has 0 amide bonds. The smallest absolute Gasteiger partial charge is 0.310 e. The number of hydrogen-bond acceptors (Lipinski definition) is 3. The second-order valence-electron chi connectivity index (χ2n) is 5.97. The lowest BCUT2D eigenvalue weighted by Crippen LogP contribution is -2.38. The molecule has 2 rings (SSSR count). The molecule has 0 radical (unpaired) electrons. The minimum atomic E-state index is -0.634. The molecule has 0 aromatic rings. The highest BCUT2D eigenvalue weighted by Crippen LogP contribution is 2.33. The van der Waals surface area contributed by atoms with Gasteiger partial charge < -0.3 is 10.0 Å². The summed E-state index contributed by atoms with van der Waals surface area (Å²) < 4.78 is 0. The molecule has 0 bridgehead atoms. The largest absolute Gasteiger partial charge is 0.481 e.